The summed E-state index contributed by atoms with van der Waals surface area (Å²) in [5.74, 6) is 0.113. The predicted octanol–water partition coefficient (Wildman–Crippen LogP) is 4.36. The zero-order valence-electron chi connectivity index (χ0n) is 18.3. The third-order valence-electron chi connectivity index (χ3n) is 6.43. The molecule has 5 nitrogen and oxygen atoms in total. The van der Waals surface area contributed by atoms with Crippen molar-refractivity contribution in [3.63, 3.8) is 0 Å². The molecule has 7 heteroatoms. The van der Waals surface area contributed by atoms with E-state index < -0.39 is 21.1 Å². The van der Waals surface area contributed by atoms with Crippen molar-refractivity contribution in [2.24, 2.45) is 13.0 Å². The van der Waals surface area contributed by atoms with Crippen LogP contribution >= 0.6 is 0 Å². The first-order valence-corrected chi connectivity index (χ1v) is 12.0. The van der Waals surface area contributed by atoms with Crippen LogP contribution in [0.5, 0.6) is 0 Å². The summed E-state index contributed by atoms with van der Waals surface area (Å²) >= 11 is 0. The Labute approximate surface area is 182 Å². The monoisotopic (exact) mass is 442 g/mol. The van der Waals surface area contributed by atoms with Gasteiger partial charge in [-0.1, -0.05) is 13.0 Å². The Bertz CT molecular complexity index is 1340. The number of halogens is 1. The zero-order valence-corrected chi connectivity index (χ0v) is 19.1. The molecule has 0 radical (unpaired) electrons. The molecule has 1 fully saturated rings. The second-order valence-corrected chi connectivity index (χ2v) is 10.6. The van der Waals surface area contributed by atoms with Crippen LogP contribution in [0.2, 0.25) is 0 Å². The van der Waals surface area contributed by atoms with E-state index >= 15 is 4.39 Å². The minimum absolute atomic E-state index is 0.0616. The maximum absolute atomic E-state index is 15.0. The van der Waals surface area contributed by atoms with Gasteiger partial charge >= 0.3 is 0 Å². The molecule has 2 heterocycles. The number of pyridine rings is 1. The van der Waals surface area contributed by atoms with Crippen molar-refractivity contribution in [1.82, 2.24) is 4.57 Å². The Morgan fingerprint density at radius 3 is 2.35 bits per heavy atom. The van der Waals surface area contributed by atoms with E-state index in [1.807, 2.05) is 18.7 Å². The first-order chi connectivity index (χ1) is 14.6. The van der Waals surface area contributed by atoms with Gasteiger partial charge in [-0.05, 0) is 68.0 Å². The van der Waals surface area contributed by atoms with Crippen LogP contribution in [0.25, 0.3) is 10.9 Å². The molecule has 0 aliphatic carbocycles. The van der Waals surface area contributed by atoms with Gasteiger partial charge in [0.25, 0.3) is 0 Å². The summed E-state index contributed by atoms with van der Waals surface area (Å²) in [5.41, 5.74) is 2.08. The van der Waals surface area contributed by atoms with Gasteiger partial charge in [0.15, 0.2) is 0 Å². The minimum atomic E-state index is -4.04. The van der Waals surface area contributed by atoms with E-state index in [-0.39, 0.29) is 15.2 Å². The third kappa shape index (κ3) is 3.76. The van der Waals surface area contributed by atoms with Crippen LogP contribution in [0.15, 0.2) is 51.1 Å². The SMILES string of the molecule is Cc1ccc(S(=O)(=O)c2cn(C)c3cc(N4CCC(C)CC4)c(F)cc3c2=O)cc1C. The summed E-state index contributed by atoms with van der Waals surface area (Å²) in [5, 5.41) is 0.0686. The van der Waals surface area contributed by atoms with E-state index in [1.165, 1.54) is 18.3 Å². The lowest BCUT2D eigenvalue weighted by Crippen LogP contribution is -2.33. The Balaban J connectivity index is 1.86. The topological polar surface area (TPSA) is 59.4 Å². The van der Waals surface area contributed by atoms with Gasteiger partial charge in [-0.3, -0.25) is 4.79 Å². The summed E-state index contributed by atoms with van der Waals surface area (Å²) in [4.78, 5) is 14.9. The number of piperidine rings is 1. The van der Waals surface area contributed by atoms with Crippen molar-refractivity contribution < 1.29 is 12.8 Å². The molecule has 3 aromatic rings. The van der Waals surface area contributed by atoms with E-state index in [1.54, 1.807) is 29.8 Å². The molecule has 0 saturated carbocycles. The average molecular weight is 443 g/mol. The number of aromatic nitrogens is 1. The molecule has 0 N–H and O–H groups in total. The molecule has 0 atom stereocenters. The van der Waals surface area contributed by atoms with Crippen molar-refractivity contribution in [2.45, 2.75) is 43.4 Å². The van der Waals surface area contributed by atoms with Gasteiger partial charge in [0.2, 0.25) is 15.3 Å². The predicted molar refractivity (Wildman–Crippen MR) is 121 cm³/mol. The second kappa shape index (κ2) is 7.79. The van der Waals surface area contributed by atoms with Crippen molar-refractivity contribution in [3.05, 3.63) is 63.7 Å². The summed E-state index contributed by atoms with van der Waals surface area (Å²) in [6.45, 7) is 7.43. The highest BCUT2D eigenvalue weighted by molar-refractivity contribution is 7.91. The fourth-order valence-electron chi connectivity index (χ4n) is 4.15. The van der Waals surface area contributed by atoms with Gasteiger partial charge in [0.1, 0.15) is 10.7 Å². The highest BCUT2D eigenvalue weighted by Gasteiger charge is 2.26. The number of hydrogen-bond acceptors (Lipinski definition) is 4. The lowest BCUT2D eigenvalue weighted by Gasteiger charge is -2.32. The second-order valence-electron chi connectivity index (χ2n) is 8.67. The summed E-state index contributed by atoms with van der Waals surface area (Å²) in [6.07, 6.45) is 3.32. The van der Waals surface area contributed by atoms with E-state index in [9.17, 15) is 13.2 Å². The maximum atomic E-state index is 15.0. The van der Waals surface area contributed by atoms with Crippen LogP contribution in [0.1, 0.15) is 30.9 Å². The number of benzene rings is 2. The van der Waals surface area contributed by atoms with Crippen molar-refractivity contribution in [2.75, 3.05) is 18.0 Å². The van der Waals surface area contributed by atoms with Gasteiger partial charge in [-0.15, -0.1) is 0 Å². The van der Waals surface area contributed by atoms with Crippen LogP contribution in [0.4, 0.5) is 10.1 Å². The Morgan fingerprint density at radius 2 is 1.71 bits per heavy atom. The smallest absolute Gasteiger partial charge is 0.211 e. The summed E-state index contributed by atoms with van der Waals surface area (Å²) < 4.78 is 43.1. The molecule has 4 rings (SSSR count). The number of rotatable bonds is 3. The first-order valence-electron chi connectivity index (χ1n) is 10.5. The molecule has 2 aromatic carbocycles. The van der Waals surface area contributed by atoms with E-state index in [0.29, 0.717) is 17.1 Å². The number of aryl methyl sites for hydroxylation is 3. The first kappa shape index (κ1) is 21.6. The number of hydrogen-bond donors (Lipinski definition) is 0. The van der Waals surface area contributed by atoms with Gasteiger partial charge in [-0.25, -0.2) is 12.8 Å². The molecular weight excluding hydrogens is 415 g/mol. The third-order valence-corrected chi connectivity index (χ3v) is 8.17. The number of nitrogens with zero attached hydrogens (tertiary/aromatic N) is 2. The maximum Gasteiger partial charge on any atom is 0.211 e. The van der Waals surface area contributed by atoms with Crippen LogP contribution in [0.3, 0.4) is 0 Å². The molecule has 1 aliphatic rings. The van der Waals surface area contributed by atoms with Gasteiger partial charge in [0.05, 0.1) is 21.5 Å². The molecule has 0 bridgehead atoms. The van der Waals surface area contributed by atoms with Crippen LogP contribution < -0.4 is 10.3 Å². The summed E-state index contributed by atoms with van der Waals surface area (Å²) in [6, 6.07) is 7.63. The average Bonchev–Trinajstić information content (AvgIpc) is 2.73. The minimum Gasteiger partial charge on any atom is -0.369 e. The van der Waals surface area contributed by atoms with Crippen LogP contribution in [-0.4, -0.2) is 26.1 Å². The molecule has 31 heavy (non-hydrogen) atoms. The number of fused-ring (bicyclic) bond motifs is 1. The van der Waals surface area contributed by atoms with E-state index in [0.717, 1.165) is 37.1 Å². The van der Waals surface area contributed by atoms with E-state index in [4.69, 9.17) is 0 Å². The Kier molecular flexibility index (Phi) is 5.41. The normalized spacial score (nSPS) is 15.6. The fraction of sp³-hybridized carbons (Fsp3) is 0.375. The fourth-order valence-corrected chi connectivity index (χ4v) is 5.64. The molecule has 164 valence electrons. The zero-order chi connectivity index (χ0) is 22.5. The van der Waals surface area contributed by atoms with Gasteiger partial charge in [0, 0.05) is 26.3 Å². The highest BCUT2D eigenvalue weighted by atomic mass is 32.2. The van der Waals surface area contributed by atoms with Gasteiger partial charge in [-0.2, -0.15) is 0 Å². The molecule has 0 unspecified atom stereocenters. The highest BCUT2D eigenvalue weighted by Crippen LogP contribution is 2.30. The number of sulfone groups is 1. The number of anilines is 1. The molecule has 0 spiro atoms. The van der Waals surface area contributed by atoms with Crippen molar-refractivity contribution >= 4 is 26.4 Å². The molecular formula is C24H27FN2O3S. The van der Waals surface area contributed by atoms with Crippen molar-refractivity contribution in [1.29, 1.82) is 0 Å². The Morgan fingerprint density at radius 1 is 1.03 bits per heavy atom. The molecule has 1 aliphatic heterocycles. The summed E-state index contributed by atoms with van der Waals surface area (Å²) in [7, 11) is -2.36. The van der Waals surface area contributed by atoms with Crippen LogP contribution in [0, 0.1) is 25.6 Å². The lowest BCUT2D eigenvalue weighted by atomic mass is 9.98. The molecule has 1 saturated heterocycles. The van der Waals surface area contributed by atoms with Crippen LogP contribution in [-0.2, 0) is 16.9 Å². The lowest BCUT2D eigenvalue weighted by molar-refractivity contribution is 0.434. The standard InChI is InChI=1S/C24H27FN2O3S/c1-15-7-9-27(10-8-15)22-13-21-19(12-20(22)25)24(28)23(14-26(21)4)31(29,30)18-6-5-16(2)17(3)11-18/h5-6,11-15H,7-10H2,1-4H3. The largest absolute Gasteiger partial charge is 0.369 e. The quantitative estimate of drug-likeness (QED) is 0.605. The van der Waals surface area contributed by atoms with Crippen molar-refractivity contribution in [3.8, 4) is 0 Å². The van der Waals surface area contributed by atoms with Gasteiger partial charge < -0.3 is 9.47 Å². The van der Waals surface area contributed by atoms with E-state index in [2.05, 4.69) is 6.92 Å². The molecule has 0 amide bonds. The Hall–Kier alpha value is -2.67. The molecule has 1 aromatic heterocycles.